The van der Waals surface area contributed by atoms with E-state index in [0.717, 1.165) is 0 Å². The van der Waals surface area contributed by atoms with E-state index in [9.17, 15) is 14.4 Å². The molecule has 7 nitrogen and oxygen atoms in total. The van der Waals surface area contributed by atoms with Gasteiger partial charge in [0.15, 0.2) is 6.61 Å². The van der Waals surface area contributed by atoms with E-state index in [4.69, 9.17) is 4.74 Å². The number of ether oxygens (including phenoxy) is 1. The fourth-order valence-corrected chi connectivity index (χ4v) is 3.04. The Labute approximate surface area is 140 Å². The SMILES string of the molecule is CC(=O)N1CCN(C(=O)CCN2C(=O)COc3ccccc32)CC1. The van der Waals surface area contributed by atoms with Gasteiger partial charge in [-0.3, -0.25) is 14.4 Å². The average molecular weight is 331 g/mol. The predicted molar refractivity (Wildman–Crippen MR) is 87.7 cm³/mol. The van der Waals surface area contributed by atoms with Crippen LogP contribution in [0.25, 0.3) is 0 Å². The Morgan fingerprint density at radius 1 is 1.08 bits per heavy atom. The molecule has 0 aliphatic carbocycles. The van der Waals surface area contributed by atoms with Gasteiger partial charge in [0, 0.05) is 46.1 Å². The first-order chi connectivity index (χ1) is 11.6. The average Bonchev–Trinajstić information content (AvgIpc) is 2.60. The van der Waals surface area contributed by atoms with Crippen LogP contribution < -0.4 is 9.64 Å². The maximum atomic E-state index is 12.4. The minimum Gasteiger partial charge on any atom is -0.482 e. The fraction of sp³-hybridized carbons (Fsp3) is 0.471. The number of anilines is 1. The largest absolute Gasteiger partial charge is 0.482 e. The highest BCUT2D eigenvalue weighted by molar-refractivity contribution is 5.98. The van der Waals surface area contributed by atoms with Crippen molar-refractivity contribution >= 4 is 23.4 Å². The maximum absolute atomic E-state index is 12.4. The minimum atomic E-state index is -0.136. The summed E-state index contributed by atoms with van der Waals surface area (Å²) in [6.07, 6.45) is 0.264. The van der Waals surface area contributed by atoms with Crippen LogP contribution in [-0.2, 0) is 14.4 Å². The van der Waals surface area contributed by atoms with Crippen LogP contribution in [0.1, 0.15) is 13.3 Å². The van der Waals surface area contributed by atoms with Gasteiger partial charge >= 0.3 is 0 Å². The number of fused-ring (bicyclic) bond motifs is 1. The van der Waals surface area contributed by atoms with Crippen molar-refractivity contribution in [2.75, 3.05) is 44.2 Å². The minimum absolute atomic E-state index is 0.00247. The highest BCUT2D eigenvalue weighted by Gasteiger charge is 2.27. The predicted octanol–water partition coefficient (Wildman–Crippen LogP) is 0.493. The molecule has 24 heavy (non-hydrogen) atoms. The van der Waals surface area contributed by atoms with Crippen molar-refractivity contribution in [3.05, 3.63) is 24.3 Å². The molecule has 3 amide bonds. The molecule has 1 aromatic rings. The molecule has 0 unspecified atom stereocenters. The Morgan fingerprint density at radius 3 is 2.46 bits per heavy atom. The molecule has 0 saturated carbocycles. The smallest absolute Gasteiger partial charge is 0.265 e. The zero-order valence-corrected chi connectivity index (χ0v) is 13.7. The van der Waals surface area contributed by atoms with Crippen molar-refractivity contribution in [3.63, 3.8) is 0 Å². The van der Waals surface area contributed by atoms with E-state index in [0.29, 0.717) is 44.2 Å². The Hall–Kier alpha value is -2.57. The van der Waals surface area contributed by atoms with Gasteiger partial charge < -0.3 is 19.4 Å². The number of nitrogens with zero attached hydrogens (tertiary/aromatic N) is 3. The van der Waals surface area contributed by atoms with E-state index < -0.39 is 0 Å². The van der Waals surface area contributed by atoms with Crippen molar-refractivity contribution in [3.8, 4) is 5.75 Å². The first-order valence-electron chi connectivity index (χ1n) is 8.12. The van der Waals surface area contributed by atoms with Crippen LogP contribution in [0.5, 0.6) is 5.75 Å². The zero-order chi connectivity index (χ0) is 17.1. The molecule has 0 aromatic heterocycles. The quantitative estimate of drug-likeness (QED) is 0.808. The molecule has 7 heteroatoms. The van der Waals surface area contributed by atoms with Gasteiger partial charge in [-0.15, -0.1) is 0 Å². The first-order valence-corrected chi connectivity index (χ1v) is 8.12. The molecule has 2 heterocycles. The van der Waals surface area contributed by atoms with Gasteiger partial charge in [0.1, 0.15) is 5.75 Å². The topological polar surface area (TPSA) is 70.2 Å². The maximum Gasteiger partial charge on any atom is 0.265 e. The summed E-state index contributed by atoms with van der Waals surface area (Å²) in [4.78, 5) is 40.9. The van der Waals surface area contributed by atoms with Crippen LogP contribution in [0.15, 0.2) is 24.3 Å². The number of hydrogen-bond acceptors (Lipinski definition) is 4. The number of benzene rings is 1. The van der Waals surface area contributed by atoms with E-state index in [1.54, 1.807) is 21.6 Å². The monoisotopic (exact) mass is 331 g/mol. The summed E-state index contributed by atoms with van der Waals surface area (Å²) >= 11 is 0. The van der Waals surface area contributed by atoms with Crippen molar-refractivity contribution in [2.45, 2.75) is 13.3 Å². The zero-order valence-electron chi connectivity index (χ0n) is 13.7. The van der Waals surface area contributed by atoms with E-state index in [1.165, 1.54) is 0 Å². The van der Waals surface area contributed by atoms with E-state index in [-0.39, 0.29) is 30.7 Å². The third-order valence-electron chi connectivity index (χ3n) is 4.44. The van der Waals surface area contributed by atoms with Gasteiger partial charge in [-0.2, -0.15) is 0 Å². The molecule has 1 aromatic carbocycles. The molecule has 0 bridgehead atoms. The van der Waals surface area contributed by atoms with Crippen molar-refractivity contribution in [1.29, 1.82) is 0 Å². The molecular formula is C17H21N3O4. The molecule has 1 fully saturated rings. The van der Waals surface area contributed by atoms with Gasteiger partial charge in [-0.1, -0.05) is 12.1 Å². The lowest BCUT2D eigenvalue weighted by Gasteiger charge is -2.35. The third-order valence-corrected chi connectivity index (χ3v) is 4.44. The van der Waals surface area contributed by atoms with Crippen molar-refractivity contribution in [1.82, 2.24) is 9.80 Å². The molecular weight excluding hydrogens is 310 g/mol. The molecule has 1 saturated heterocycles. The standard InChI is InChI=1S/C17H21N3O4/c1-13(21)18-8-10-19(11-9-18)16(22)6-7-20-14-4-2-3-5-15(14)24-12-17(20)23/h2-5H,6-12H2,1H3. The summed E-state index contributed by atoms with van der Waals surface area (Å²) in [5.74, 6) is 0.579. The van der Waals surface area contributed by atoms with Crippen LogP contribution in [0.3, 0.4) is 0 Å². The summed E-state index contributed by atoms with van der Waals surface area (Å²) in [6.45, 7) is 4.12. The van der Waals surface area contributed by atoms with Crippen LogP contribution in [0, 0.1) is 0 Å². The van der Waals surface area contributed by atoms with E-state index >= 15 is 0 Å². The normalized spacial score (nSPS) is 17.4. The Balaban J connectivity index is 1.57. The van der Waals surface area contributed by atoms with Crippen LogP contribution in [0.2, 0.25) is 0 Å². The number of carbonyl (C=O) groups excluding carboxylic acids is 3. The van der Waals surface area contributed by atoms with Gasteiger partial charge in [0.25, 0.3) is 5.91 Å². The summed E-state index contributed by atoms with van der Waals surface area (Å²) < 4.78 is 5.40. The highest BCUT2D eigenvalue weighted by Crippen LogP contribution is 2.31. The highest BCUT2D eigenvalue weighted by atomic mass is 16.5. The second-order valence-corrected chi connectivity index (χ2v) is 5.94. The summed E-state index contributed by atoms with van der Waals surface area (Å²) in [5.41, 5.74) is 0.711. The van der Waals surface area contributed by atoms with Gasteiger partial charge in [0.2, 0.25) is 11.8 Å². The second kappa shape index (κ2) is 6.90. The number of rotatable bonds is 3. The van der Waals surface area contributed by atoms with Gasteiger partial charge in [-0.05, 0) is 12.1 Å². The van der Waals surface area contributed by atoms with Crippen LogP contribution in [0.4, 0.5) is 5.69 Å². The Morgan fingerprint density at radius 2 is 1.75 bits per heavy atom. The van der Waals surface area contributed by atoms with Gasteiger partial charge in [0.05, 0.1) is 5.69 Å². The third kappa shape index (κ3) is 3.34. The fourth-order valence-electron chi connectivity index (χ4n) is 3.04. The molecule has 0 atom stereocenters. The summed E-state index contributed by atoms with van der Waals surface area (Å²) in [5, 5.41) is 0. The summed E-state index contributed by atoms with van der Waals surface area (Å²) in [7, 11) is 0. The second-order valence-electron chi connectivity index (χ2n) is 5.94. The van der Waals surface area contributed by atoms with Gasteiger partial charge in [-0.25, -0.2) is 0 Å². The Kier molecular flexibility index (Phi) is 4.69. The molecule has 2 aliphatic rings. The van der Waals surface area contributed by atoms with E-state index in [1.807, 2.05) is 24.3 Å². The van der Waals surface area contributed by atoms with Crippen LogP contribution in [-0.4, -0.2) is 66.9 Å². The number of carbonyl (C=O) groups is 3. The molecule has 3 rings (SSSR count). The number of amides is 3. The molecule has 0 N–H and O–H groups in total. The van der Waals surface area contributed by atoms with Crippen molar-refractivity contribution < 1.29 is 19.1 Å². The Bertz CT molecular complexity index is 653. The summed E-state index contributed by atoms with van der Waals surface area (Å²) in [6, 6.07) is 7.34. The number of para-hydroxylation sites is 2. The number of piperazine rings is 1. The lowest BCUT2D eigenvalue weighted by molar-refractivity contribution is -0.138. The van der Waals surface area contributed by atoms with E-state index in [2.05, 4.69) is 0 Å². The first kappa shape index (κ1) is 16.3. The lowest BCUT2D eigenvalue weighted by Crippen LogP contribution is -2.50. The molecule has 0 radical (unpaired) electrons. The molecule has 2 aliphatic heterocycles. The van der Waals surface area contributed by atoms with Crippen LogP contribution >= 0.6 is 0 Å². The lowest BCUT2D eigenvalue weighted by atomic mass is 10.2. The molecule has 0 spiro atoms. The number of hydrogen-bond donors (Lipinski definition) is 0. The van der Waals surface area contributed by atoms with Crippen molar-refractivity contribution in [2.24, 2.45) is 0 Å². The molecule has 128 valence electrons.